The van der Waals surface area contributed by atoms with Crippen LogP contribution in [0.2, 0.25) is 0 Å². The number of hydrogen-bond acceptors (Lipinski definition) is 7. The lowest BCUT2D eigenvalue weighted by Crippen LogP contribution is -2.31. The fraction of sp³-hybridized carbons (Fsp3) is 0.476. The Morgan fingerprint density at radius 1 is 1.21 bits per heavy atom. The van der Waals surface area contributed by atoms with E-state index in [1.54, 1.807) is 0 Å². The molecule has 0 fully saturated rings. The van der Waals surface area contributed by atoms with Crippen LogP contribution in [0.15, 0.2) is 12.1 Å². The molecule has 2 rings (SSSR count). The third-order valence-corrected chi connectivity index (χ3v) is 5.59. The van der Waals surface area contributed by atoms with E-state index in [0.29, 0.717) is 31.0 Å². The number of hydrogen-bond donors (Lipinski definition) is 4. The van der Waals surface area contributed by atoms with Crippen LogP contribution in [0.5, 0.6) is 5.88 Å². The summed E-state index contributed by atoms with van der Waals surface area (Å²) in [5, 5.41) is 23.5. The maximum atomic E-state index is 14.0. The largest absolute Gasteiger partial charge is 0.477 e. The van der Waals surface area contributed by atoms with Gasteiger partial charge in [-0.1, -0.05) is 6.92 Å². The highest BCUT2D eigenvalue weighted by atomic mass is 32.1. The summed E-state index contributed by atoms with van der Waals surface area (Å²) in [5.41, 5.74) is -0.317. The van der Waals surface area contributed by atoms with E-state index in [-0.39, 0.29) is 34.2 Å². The lowest BCUT2D eigenvalue weighted by molar-refractivity contribution is 0.0693. The van der Waals surface area contributed by atoms with E-state index in [1.165, 1.54) is 6.92 Å². The van der Waals surface area contributed by atoms with Crippen molar-refractivity contribution in [3.63, 3.8) is 0 Å². The summed E-state index contributed by atoms with van der Waals surface area (Å²) in [4.78, 5) is 25.9. The number of urea groups is 1. The van der Waals surface area contributed by atoms with Crippen LogP contribution in [0.1, 0.15) is 41.3 Å². The van der Waals surface area contributed by atoms with Crippen LogP contribution in [0.25, 0.3) is 0 Å². The molecule has 0 bridgehead atoms. The third-order valence-electron chi connectivity index (χ3n) is 4.84. The number of carboxylic acid groups (broad SMARTS) is 1. The minimum Gasteiger partial charge on any atom is -0.477 e. The maximum Gasteiger partial charge on any atom is 0.344 e. The van der Waals surface area contributed by atoms with E-state index in [9.17, 15) is 23.5 Å². The number of nitrogens with one attached hydrogen (secondary N) is 2. The van der Waals surface area contributed by atoms with Gasteiger partial charge in [-0.15, -0.1) is 0 Å². The molecule has 0 saturated heterocycles. The van der Waals surface area contributed by atoms with Crippen LogP contribution in [0.3, 0.4) is 0 Å². The normalized spacial score (nSPS) is 11.0. The van der Waals surface area contributed by atoms with Gasteiger partial charge in [0, 0.05) is 18.7 Å². The summed E-state index contributed by atoms with van der Waals surface area (Å²) in [5.74, 6) is -2.97. The van der Waals surface area contributed by atoms with Crippen LogP contribution in [-0.2, 0) is 6.61 Å². The number of halogens is 2. The molecule has 1 aromatic carbocycles. The van der Waals surface area contributed by atoms with Gasteiger partial charge in [-0.3, -0.25) is 5.32 Å². The molecular weight excluding hydrogens is 458 g/mol. The predicted octanol–water partition coefficient (Wildman–Crippen LogP) is 3.22. The maximum absolute atomic E-state index is 14.0. The zero-order valence-electron chi connectivity index (χ0n) is 18.5. The summed E-state index contributed by atoms with van der Waals surface area (Å²) < 4.78 is 36.9. The standard InChI is InChI=1S/C21H28F2N4O5S/c1-3-27(8-9-28)7-5-4-6-24-21(31)25-19-17(20(29)30)18(26-33-19)32-12-14-11-15(22)13(2)10-16(14)23/h10-11,28H,3-9,12H2,1-2H3,(H,29,30)(H2,24,25,31). The second kappa shape index (κ2) is 13.0. The van der Waals surface area contributed by atoms with Gasteiger partial charge in [-0.25, -0.2) is 18.4 Å². The summed E-state index contributed by atoms with van der Waals surface area (Å²) >= 11 is 0.708. The first-order valence-corrected chi connectivity index (χ1v) is 11.2. The number of carbonyl (C=O) groups is 2. The van der Waals surface area contributed by atoms with Gasteiger partial charge < -0.3 is 25.2 Å². The SMILES string of the molecule is CCN(CCO)CCCCNC(=O)Nc1snc(OCc2cc(F)c(C)cc2F)c1C(=O)O. The summed E-state index contributed by atoms with van der Waals surface area (Å²) in [6.45, 7) is 5.70. The van der Waals surface area contributed by atoms with Gasteiger partial charge >= 0.3 is 12.0 Å². The molecule has 0 spiro atoms. The fourth-order valence-electron chi connectivity index (χ4n) is 2.97. The molecule has 4 N–H and O–H groups in total. The Morgan fingerprint density at radius 2 is 1.97 bits per heavy atom. The number of aromatic carboxylic acids is 1. The molecular formula is C21H28F2N4O5S. The number of nitrogens with zero attached hydrogens (tertiary/aromatic N) is 2. The molecule has 12 heteroatoms. The summed E-state index contributed by atoms with van der Waals surface area (Å²) in [6.07, 6.45) is 1.53. The number of carbonyl (C=O) groups excluding carboxylic acids is 1. The van der Waals surface area contributed by atoms with Gasteiger partial charge in [0.05, 0.1) is 6.61 Å². The molecule has 0 aliphatic heterocycles. The van der Waals surface area contributed by atoms with Crippen molar-refractivity contribution in [2.45, 2.75) is 33.3 Å². The van der Waals surface area contributed by atoms with Gasteiger partial charge in [0.15, 0.2) is 5.56 Å². The van der Waals surface area contributed by atoms with Crippen LogP contribution in [0, 0.1) is 18.6 Å². The molecule has 182 valence electrons. The Hall–Kier alpha value is -2.83. The van der Waals surface area contributed by atoms with Crippen molar-refractivity contribution in [2.24, 2.45) is 0 Å². The van der Waals surface area contributed by atoms with Gasteiger partial charge in [0.25, 0.3) is 0 Å². The Kier molecular flexibility index (Phi) is 10.4. The Labute approximate surface area is 194 Å². The van der Waals surface area contributed by atoms with Crippen LogP contribution in [-0.4, -0.2) is 64.3 Å². The summed E-state index contributed by atoms with van der Waals surface area (Å²) in [7, 11) is 0. The van der Waals surface area contributed by atoms with Crippen LogP contribution >= 0.6 is 11.5 Å². The monoisotopic (exact) mass is 486 g/mol. The van der Waals surface area contributed by atoms with Crippen molar-refractivity contribution in [3.8, 4) is 5.88 Å². The molecule has 0 saturated carbocycles. The molecule has 33 heavy (non-hydrogen) atoms. The number of rotatable bonds is 13. The number of unbranched alkanes of at least 4 members (excludes halogenated alkanes) is 1. The smallest absolute Gasteiger partial charge is 0.344 e. The zero-order chi connectivity index (χ0) is 24.4. The average molecular weight is 487 g/mol. The van der Waals surface area contributed by atoms with E-state index < -0.39 is 30.2 Å². The van der Waals surface area contributed by atoms with E-state index in [4.69, 9.17) is 9.84 Å². The molecule has 0 aliphatic rings. The number of likely N-dealkylation sites (N-methyl/N-ethyl adjacent to an activating group) is 1. The lowest BCUT2D eigenvalue weighted by Gasteiger charge is -2.18. The van der Waals surface area contributed by atoms with E-state index in [1.807, 2.05) is 6.92 Å². The van der Waals surface area contributed by atoms with Crippen LogP contribution in [0.4, 0.5) is 18.6 Å². The molecule has 1 heterocycles. The number of amides is 2. The van der Waals surface area contributed by atoms with Gasteiger partial charge in [0.1, 0.15) is 23.2 Å². The van der Waals surface area contributed by atoms with Crippen LogP contribution < -0.4 is 15.4 Å². The highest BCUT2D eigenvalue weighted by Crippen LogP contribution is 2.31. The molecule has 0 aliphatic carbocycles. The minimum absolute atomic E-state index is 0.0364. The lowest BCUT2D eigenvalue weighted by atomic mass is 10.1. The molecule has 2 aromatic rings. The van der Waals surface area contributed by atoms with Crippen molar-refractivity contribution in [1.29, 1.82) is 0 Å². The number of aliphatic hydroxyl groups excluding tert-OH is 1. The van der Waals surface area contributed by atoms with E-state index in [2.05, 4.69) is 19.9 Å². The zero-order valence-corrected chi connectivity index (χ0v) is 19.3. The molecule has 0 unspecified atom stereocenters. The topological polar surface area (TPSA) is 124 Å². The number of benzene rings is 1. The Balaban J connectivity index is 1.90. The molecule has 9 nitrogen and oxygen atoms in total. The minimum atomic E-state index is -1.38. The molecule has 2 amide bonds. The van der Waals surface area contributed by atoms with Crippen molar-refractivity contribution >= 4 is 28.5 Å². The quantitative estimate of drug-likeness (QED) is 0.321. The second-order valence-corrected chi connectivity index (χ2v) is 8.00. The first kappa shape index (κ1) is 26.4. The average Bonchev–Trinajstić information content (AvgIpc) is 3.16. The van der Waals surface area contributed by atoms with Gasteiger partial charge in [-0.2, -0.15) is 4.37 Å². The molecule has 0 atom stereocenters. The fourth-order valence-corrected chi connectivity index (χ4v) is 3.69. The van der Waals surface area contributed by atoms with Gasteiger partial charge in [0.2, 0.25) is 5.88 Å². The summed E-state index contributed by atoms with van der Waals surface area (Å²) in [6, 6.07) is 1.41. The second-order valence-electron chi connectivity index (χ2n) is 7.22. The van der Waals surface area contributed by atoms with Crippen molar-refractivity contribution in [3.05, 3.63) is 40.5 Å². The predicted molar refractivity (Wildman–Crippen MR) is 120 cm³/mol. The Morgan fingerprint density at radius 3 is 2.64 bits per heavy atom. The van der Waals surface area contributed by atoms with E-state index >= 15 is 0 Å². The number of aryl methyl sites for hydroxylation is 1. The first-order valence-electron chi connectivity index (χ1n) is 10.4. The molecule has 1 aromatic heterocycles. The number of ether oxygens (including phenoxy) is 1. The third kappa shape index (κ3) is 7.91. The Bertz CT molecular complexity index is 957. The van der Waals surface area contributed by atoms with Crippen molar-refractivity contribution in [1.82, 2.24) is 14.6 Å². The first-order chi connectivity index (χ1) is 15.8. The number of anilines is 1. The van der Waals surface area contributed by atoms with Crippen molar-refractivity contribution < 1.29 is 33.3 Å². The van der Waals surface area contributed by atoms with Gasteiger partial charge in [-0.05, 0) is 62.1 Å². The number of carboxylic acids is 1. The molecule has 0 radical (unpaired) electrons. The number of aromatic nitrogens is 1. The highest BCUT2D eigenvalue weighted by Gasteiger charge is 2.24. The number of aliphatic hydroxyl groups is 1. The van der Waals surface area contributed by atoms with Crippen molar-refractivity contribution in [2.75, 3.05) is 38.1 Å². The highest BCUT2D eigenvalue weighted by molar-refractivity contribution is 7.11. The van der Waals surface area contributed by atoms with E-state index in [0.717, 1.165) is 31.6 Å².